The van der Waals surface area contributed by atoms with Gasteiger partial charge in [-0.25, -0.2) is 9.37 Å². The van der Waals surface area contributed by atoms with Gasteiger partial charge in [-0.1, -0.05) is 0 Å². The van der Waals surface area contributed by atoms with Gasteiger partial charge in [-0.05, 0) is 74.2 Å². The number of carbonyl (C=O) groups is 1. The van der Waals surface area contributed by atoms with E-state index in [4.69, 9.17) is 5.26 Å². The Hall–Kier alpha value is -3.67. The minimum atomic E-state index is -4.60. The number of benzene rings is 2. The van der Waals surface area contributed by atoms with E-state index in [-0.39, 0.29) is 29.2 Å². The van der Waals surface area contributed by atoms with Gasteiger partial charge in [-0.15, -0.1) is 0 Å². The molecule has 0 atom stereocenters. The number of nitrogens with zero attached hydrogens (tertiary/aromatic N) is 2. The number of aromatic nitrogens is 1. The predicted octanol–water partition coefficient (Wildman–Crippen LogP) is 5.42. The lowest BCUT2D eigenvalue weighted by molar-refractivity contribution is -0.140. The molecule has 33 heavy (non-hydrogen) atoms. The minimum absolute atomic E-state index is 0.0780. The fraction of sp³-hybridized carbons (Fsp3) is 0.292. The Morgan fingerprint density at radius 3 is 2.30 bits per heavy atom. The highest BCUT2D eigenvalue weighted by Crippen LogP contribution is 2.34. The van der Waals surface area contributed by atoms with Crippen LogP contribution in [0, 0.1) is 17.1 Å². The Labute approximate surface area is 187 Å². The SMILES string of the molecule is N#Cc1ccc2nc(C(F)(F)F)cc(N[C@H]3CC[C@@H](NC(=O)c4ccc(F)cc4)CC3)c2c1. The van der Waals surface area contributed by atoms with Crippen LogP contribution in [0.2, 0.25) is 0 Å². The van der Waals surface area contributed by atoms with E-state index in [1.807, 2.05) is 6.07 Å². The topological polar surface area (TPSA) is 77.8 Å². The Kier molecular flexibility index (Phi) is 6.18. The third kappa shape index (κ3) is 5.22. The Morgan fingerprint density at radius 2 is 1.67 bits per heavy atom. The standard InChI is InChI=1S/C24H20F4N4O/c25-16-4-2-15(3-5-16)23(33)31-18-8-6-17(7-9-18)30-21-12-22(24(26,27)28)32-20-10-1-14(13-29)11-19(20)21/h1-5,10-12,17-18H,6-9H2,(H,30,32)(H,31,33)/t17-,18+. The van der Waals surface area contributed by atoms with Crippen molar-refractivity contribution in [3.63, 3.8) is 0 Å². The first-order valence-electron chi connectivity index (χ1n) is 10.5. The monoisotopic (exact) mass is 456 g/mol. The van der Waals surface area contributed by atoms with E-state index in [0.717, 1.165) is 6.07 Å². The lowest BCUT2D eigenvalue weighted by atomic mass is 9.90. The normalized spacial score (nSPS) is 18.5. The molecule has 0 spiro atoms. The zero-order valence-electron chi connectivity index (χ0n) is 17.4. The smallest absolute Gasteiger partial charge is 0.382 e. The van der Waals surface area contributed by atoms with Crippen LogP contribution in [0.3, 0.4) is 0 Å². The second-order valence-electron chi connectivity index (χ2n) is 8.07. The Balaban J connectivity index is 1.46. The van der Waals surface area contributed by atoms with Crippen molar-refractivity contribution in [3.05, 3.63) is 71.2 Å². The molecule has 1 aromatic heterocycles. The lowest BCUT2D eigenvalue weighted by Crippen LogP contribution is -2.40. The van der Waals surface area contributed by atoms with Gasteiger partial charge < -0.3 is 10.6 Å². The van der Waals surface area contributed by atoms with Gasteiger partial charge in [0.05, 0.1) is 17.1 Å². The number of amides is 1. The first-order valence-corrected chi connectivity index (χ1v) is 10.5. The van der Waals surface area contributed by atoms with E-state index in [1.165, 1.54) is 42.5 Å². The number of pyridine rings is 1. The fourth-order valence-electron chi connectivity index (χ4n) is 4.03. The van der Waals surface area contributed by atoms with Crippen LogP contribution in [0.5, 0.6) is 0 Å². The van der Waals surface area contributed by atoms with Crippen molar-refractivity contribution in [2.45, 2.75) is 43.9 Å². The molecule has 0 bridgehead atoms. The number of hydrogen-bond donors (Lipinski definition) is 2. The van der Waals surface area contributed by atoms with Gasteiger partial charge in [0.25, 0.3) is 5.91 Å². The largest absolute Gasteiger partial charge is 0.433 e. The molecule has 0 unspecified atom stereocenters. The number of alkyl halides is 3. The van der Waals surface area contributed by atoms with Crippen LogP contribution in [0.1, 0.15) is 47.3 Å². The molecule has 0 aliphatic heterocycles. The van der Waals surface area contributed by atoms with Gasteiger partial charge in [-0.3, -0.25) is 4.79 Å². The van der Waals surface area contributed by atoms with Crippen molar-refractivity contribution < 1.29 is 22.4 Å². The number of nitriles is 1. The highest BCUT2D eigenvalue weighted by Gasteiger charge is 2.34. The summed E-state index contributed by atoms with van der Waals surface area (Å²) in [6, 6.07) is 12.5. The van der Waals surface area contributed by atoms with Crippen LogP contribution >= 0.6 is 0 Å². The molecule has 9 heteroatoms. The van der Waals surface area contributed by atoms with E-state index in [1.54, 1.807) is 0 Å². The van der Waals surface area contributed by atoms with Crippen LogP contribution in [0.15, 0.2) is 48.5 Å². The summed E-state index contributed by atoms with van der Waals surface area (Å²) >= 11 is 0. The van der Waals surface area contributed by atoms with E-state index >= 15 is 0 Å². The first kappa shape index (κ1) is 22.5. The second-order valence-corrected chi connectivity index (χ2v) is 8.07. The molecule has 4 rings (SSSR count). The maximum absolute atomic E-state index is 13.4. The summed E-state index contributed by atoms with van der Waals surface area (Å²) in [6.45, 7) is 0. The Bertz CT molecular complexity index is 1210. The fourth-order valence-corrected chi connectivity index (χ4v) is 4.03. The van der Waals surface area contributed by atoms with Crippen molar-refractivity contribution in [1.29, 1.82) is 5.26 Å². The lowest BCUT2D eigenvalue weighted by Gasteiger charge is -2.30. The summed E-state index contributed by atoms with van der Waals surface area (Å²) in [6.07, 6.45) is -2.04. The maximum atomic E-state index is 13.4. The quantitative estimate of drug-likeness (QED) is 0.514. The average Bonchev–Trinajstić information content (AvgIpc) is 2.79. The summed E-state index contributed by atoms with van der Waals surface area (Å²) in [5.74, 6) is -0.706. The summed E-state index contributed by atoms with van der Waals surface area (Å²) in [5, 5.41) is 15.7. The van der Waals surface area contributed by atoms with Crippen LogP contribution in [0.4, 0.5) is 23.2 Å². The highest BCUT2D eigenvalue weighted by atomic mass is 19.4. The number of fused-ring (bicyclic) bond motifs is 1. The van der Waals surface area contributed by atoms with Gasteiger partial charge in [0.2, 0.25) is 0 Å². The molecule has 1 heterocycles. The number of anilines is 1. The van der Waals surface area contributed by atoms with Crippen LogP contribution in [-0.4, -0.2) is 23.0 Å². The molecule has 1 saturated carbocycles. The molecule has 1 aliphatic carbocycles. The number of rotatable bonds is 4. The molecule has 1 fully saturated rings. The van der Waals surface area contributed by atoms with Gasteiger partial charge >= 0.3 is 6.18 Å². The van der Waals surface area contributed by atoms with Gasteiger partial charge in [0.1, 0.15) is 11.5 Å². The summed E-state index contributed by atoms with van der Waals surface area (Å²) in [4.78, 5) is 16.1. The molecule has 0 saturated heterocycles. The summed E-state index contributed by atoms with van der Waals surface area (Å²) < 4.78 is 53.1. The molecule has 3 aromatic rings. The van der Waals surface area contributed by atoms with Gasteiger partial charge in [0, 0.05) is 28.7 Å². The number of carbonyl (C=O) groups excluding carboxylic acids is 1. The molecule has 5 nitrogen and oxygen atoms in total. The minimum Gasteiger partial charge on any atom is -0.382 e. The number of halogens is 4. The van der Waals surface area contributed by atoms with E-state index in [2.05, 4.69) is 15.6 Å². The van der Waals surface area contributed by atoms with Crippen molar-refractivity contribution in [2.24, 2.45) is 0 Å². The molecule has 170 valence electrons. The number of nitrogens with one attached hydrogen (secondary N) is 2. The number of hydrogen-bond acceptors (Lipinski definition) is 4. The van der Waals surface area contributed by atoms with E-state index in [9.17, 15) is 22.4 Å². The second kappa shape index (κ2) is 9.06. The molecule has 2 N–H and O–H groups in total. The third-order valence-electron chi connectivity index (χ3n) is 5.76. The molecular formula is C24H20F4N4O. The summed E-state index contributed by atoms with van der Waals surface area (Å²) in [5.41, 5.74) is 0.143. The van der Waals surface area contributed by atoms with Gasteiger partial charge in [-0.2, -0.15) is 18.4 Å². The van der Waals surface area contributed by atoms with E-state index < -0.39 is 17.7 Å². The van der Waals surface area contributed by atoms with Crippen LogP contribution in [0.25, 0.3) is 10.9 Å². The zero-order valence-corrected chi connectivity index (χ0v) is 17.4. The van der Waals surface area contributed by atoms with Crippen molar-refractivity contribution in [1.82, 2.24) is 10.3 Å². The van der Waals surface area contributed by atoms with Crippen LogP contribution < -0.4 is 10.6 Å². The highest BCUT2D eigenvalue weighted by molar-refractivity contribution is 5.94. The zero-order chi connectivity index (χ0) is 23.6. The molecule has 1 aliphatic rings. The molecular weight excluding hydrogens is 436 g/mol. The van der Waals surface area contributed by atoms with Crippen LogP contribution in [-0.2, 0) is 6.18 Å². The molecule has 0 radical (unpaired) electrons. The average molecular weight is 456 g/mol. The Morgan fingerprint density at radius 1 is 1.00 bits per heavy atom. The van der Waals surface area contributed by atoms with Crippen molar-refractivity contribution in [2.75, 3.05) is 5.32 Å². The first-order chi connectivity index (χ1) is 15.7. The van der Waals surface area contributed by atoms with Gasteiger partial charge in [0.15, 0.2) is 0 Å². The molecule has 2 aromatic carbocycles. The predicted molar refractivity (Wildman–Crippen MR) is 115 cm³/mol. The third-order valence-corrected chi connectivity index (χ3v) is 5.76. The molecule has 1 amide bonds. The maximum Gasteiger partial charge on any atom is 0.433 e. The summed E-state index contributed by atoms with van der Waals surface area (Å²) in [7, 11) is 0. The van der Waals surface area contributed by atoms with E-state index in [0.29, 0.717) is 42.2 Å². The van der Waals surface area contributed by atoms with Crippen molar-refractivity contribution in [3.8, 4) is 6.07 Å². The van der Waals surface area contributed by atoms with Crippen molar-refractivity contribution >= 4 is 22.5 Å².